The third kappa shape index (κ3) is 4.91. The van der Waals surface area contributed by atoms with Gasteiger partial charge in [-0.1, -0.05) is 6.92 Å². The number of aromatic nitrogens is 4. The Hall–Kier alpha value is -4.06. The topological polar surface area (TPSA) is 162 Å². The van der Waals surface area contributed by atoms with Crippen molar-refractivity contribution >= 4 is 29.3 Å². The molecule has 5 rings (SSSR count). The maximum absolute atomic E-state index is 13.3. The van der Waals surface area contributed by atoms with Gasteiger partial charge in [0.15, 0.2) is 17.1 Å². The molecule has 12 nitrogen and oxygen atoms in total. The zero-order valence-corrected chi connectivity index (χ0v) is 22.3. The molecule has 4 heterocycles. The average Bonchev–Trinajstić information content (AvgIpc) is 3.69. The van der Waals surface area contributed by atoms with Crippen molar-refractivity contribution in [1.29, 1.82) is 0 Å². The van der Waals surface area contributed by atoms with Crippen LogP contribution in [0.25, 0.3) is 11.2 Å². The second-order valence-corrected chi connectivity index (χ2v) is 10.6. The Morgan fingerprint density at radius 2 is 2.08 bits per heavy atom. The fourth-order valence-electron chi connectivity index (χ4n) is 5.02. The Morgan fingerprint density at radius 1 is 1.31 bits per heavy atom. The number of nitrogens with one attached hydrogen (secondary N) is 3. The van der Waals surface area contributed by atoms with E-state index in [9.17, 15) is 24.3 Å². The van der Waals surface area contributed by atoms with Crippen molar-refractivity contribution in [3.63, 3.8) is 0 Å². The standard InChI is InChI=1S/C27H33N7O5/c1-4-27(14-35,32-25(38)18-11-29-24-21(18)31-19(12-30-24)16-5-6-16)13-28-10-17-9-20(36)23(37)22-26(39)33(15(2)3)7-8-34(17)22/h9,11-12,14-16,28,37H,4-8,10,13H2,1-3H3,(H,29,30)(H,32,38). The molecule has 4 N–H and O–H groups in total. The maximum atomic E-state index is 13.3. The summed E-state index contributed by atoms with van der Waals surface area (Å²) in [7, 11) is 0. The molecule has 0 aromatic carbocycles. The second-order valence-electron chi connectivity index (χ2n) is 10.6. The molecule has 0 bridgehead atoms. The third-order valence-corrected chi connectivity index (χ3v) is 7.63. The minimum absolute atomic E-state index is 0.0318. The minimum atomic E-state index is -1.23. The van der Waals surface area contributed by atoms with Gasteiger partial charge in [0.05, 0.1) is 17.5 Å². The van der Waals surface area contributed by atoms with E-state index in [1.807, 2.05) is 13.8 Å². The SMILES string of the molecule is CCC(C=O)(CNCc1cc(=O)c(O)c2n1CCN(C(C)C)C2=O)NC(=O)c1c[nH]c2ncc(C3CC3)nc12. The van der Waals surface area contributed by atoms with Crippen LogP contribution < -0.4 is 16.1 Å². The van der Waals surface area contributed by atoms with E-state index in [1.165, 1.54) is 6.07 Å². The number of aromatic amines is 1. The molecule has 3 aromatic rings. The molecule has 2 amide bonds. The van der Waals surface area contributed by atoms with Crippen LogP contribution >= 0.6 is 0 Å². The van der Waals surface area contributed by atoms with Gasteiger partial charge in [0.25, 0.3) is 11.8 Å². The first-order valence-corrected chi connectivity index (χ1v) is 13.3. The highest BCUT2D eigenvalue weighted by atomic mass is 16.3. The van der Waals surface area contributed by atoms with Crippen molar-refractivity contribution in [3.8, 4) is 5.75 Å². The van der Waals surface area contributed by atoms with Crippen LogP contribution in [0.1, 0.15) is 78.2 Å². The average molecular weight is 536 g/mol. The van der Waals surface area contributed by atoms with Gasteiger partial charge in [-0.05, 0) is 33.1 Å². The Labute approximate surface area is 224 Å². The van der Waals surface area contributed by atoms with E-state index >= 15 is 0 Å². The number of hydrogen-bond donors (Lipinski definition) is 4. The monoisotopic (exact) mass is 535 g/mol. The van der Waals surface area contributed by atoms with Crippen molar-refractivity contribution in [1.82, 2.24) is 35.1 Å². The number of carbonyl (C=O) groups excluding carboxylic acids is 3. The van der Waals surface area contributed by atoms with Gasteiger partial charge < -0.3 is 35.0 Å². The molecule has 1 aliphatic heterocycles. The molecule has 0 radical (unpaired) electrons. The smallest absolute Gasteiger partial charge is 0.274 e. The van der Waals surface area contributed by atoms with Crippen LogP contribution in [0.3, 0.4) is 0 Å². The molecule has 0 spiro atoms. The molecular weight excluding hydrogens is 502 g/mol. The van der Waals surface area contributed by atoms with E-state index < -0.39 is 28.5 Å². The van der Waals surface area contributed by atoms with Gasteiger partial charge in [0.1, 0.15) is 17.3 Å². The molecule has 12 heteroatoms. The number of H-pyrrole nitrogens is 1. The Kier molecular flexibility index (Phi) is 6.98. The molecule has 206 valence electrons. The van der Waals surface area contributed by atoms with Crippen LogP contribution in [-0.4, -0.2) is 72.3 Å². The van der Waals surface area contributed by atoms with Gasteiger partial charge in [-0.2, -0.15) is 0 Å². The lowest BCUT2D eigenvalue weighted by molar-refractivity contribution is -0.113. The van der Waals surface area contributed by atoms with E-state index in [2.05, 4.69) is 25.6 Å². The number of aromatic hydroxyl groups is 1. The van der Waals surface area contributed by atoms with E-state index in [0.717, 1.165) is 18.5 Å². The Balaban J connectivity index is 1.33. The van der Waals surface area contributed by atoms with Crippen LogP contribution in [0.2, 0.25) is 0 Å². The van der Waals surface area contributed by atoms with Crippen LogP contribution in [0.4, 0.5) is 0 Å². The van der Waals surface area contributed by atoms with Gasteiger partial charge in [-0.15, -0.1) is 0 Å². The normalized spacial score (nSPS) is 16.8. The maximum Gasteiger partial charge on any atom is 0.274 e. The summed E-state index contributed by atoms with van der Waals surface area (Å²) in [4.78, 5) is 64.6. The molecule has 2 aliphatic rings. The van der Waals surface area contributed by atoms with Crippen LogP contribution in [0.5, 0.6) is 5.75 Å². The summed E-state index contributed by atoms with van der Waals surface area (Å²) >= 11 is 0. The number of rotatable bonds is 10. The quantitative estimate of drug-likeness (QED) is 0.284. The van der Waals surface area contributed by atoms with Crippen molar-refractivity contribution in [2.24, 2.45) is 0 Å². The Bertz CT molecular complexity index is 1510. The molecule has 1 fully saturated rings. The van der Waals surface area contributed by atoms with Crippen molar-refractivity contribution < 1.29 is 19.5 Å². The highest BCUT2D eigenvalue weighted by Gasteiger charge is 2.34. The number of aldehydes is 1. The predicted octanol–water partition coefficient (Wildman–Crippen LogP) is 1.43. The van der Waals surface area contributed by atoms with Gasteiger partial charge >= 0.3 is 0 Å². The van der Waals surface area contributed by atoms with Gasteiger partial charge in [0, 0.05) is 56.1 Å². The summed E-state index contributed by atoms with van der Waals surface area (Å²) in [5.74, 6) is -1.04. The lowest BCUT2D eigenvalue weighted by atomic mass is 9.97. The van der Waals surface area contributed by atoms with Gasteiger partial charge in [0.2, 0.25) is 5.43 Å². The highest BCUT2D eigenvalue weighted by Crippen LogP contribution is 2.39. The largest absolute Gasteiger partial charge is 0.503 e. The first-order chi connectivity index (χ1) is 18.7. The zero-order chi connectivity index (χ0) is 27.9. The second kappa shape index (κ2) is 10.3. The number of hydrogen-bond acceptors (Lipinski definition) is 8. The number of pyridine rings is 1. The number of amides is 2. The fraction of sp³-hybridized carbons (Fsp3) is 0.481. The van der Waals surface area contributed by atoms with Crippen molar-refractivity contribution in [3.05, 3.63) is 51.3 Å². The van der Waals surface area contributed by atoms with Crippen LogP contribution in [0, 0.1) is 0 Å². The molecule has 1 unspecified atom stereocenters. The van der Waals surface area contributed by atoms with Crippen LogP contribution in [0.15, 0.2) is 23.3 Å². The van der Waals surface area contributed by atoms with E-state index in [0.29, 0.717) is 54.1 Å². The van der Waals surface area contributed by atoms with Gasteiger partial charge in [-0.3, -0.25) is 14.4 Å². The van der Waals surface area contributed by atoms with Crippen molar-refractivity contribution in [2.75, 3.05) is 13.1 Å². The molecule has 1 atom stereocenters. The Morgan fingerprint density at radius 3 is 2.74 bits per heavy atom. The van der Waals surface area contributed by atoms with E-state index in [4.69, 9.17) is 0 Å². The lowest BCUT2D eigenvalue weighted by Crippen LogP contribution is -2.55. The molecule has 0 saturated heterocycles. The van der Waals surface area contributed by atoms with E-state index in [1.54, 1.807) is 28.8 Å². The number of nitrogens with zero attached hydrogens (tertiary/aromatic N) is 4. The first-order valence-electron chi connectivity index (χ1n) is 13.3. The minimum Gasteiger partial charge on any atom is -0.503 e. The van der Waals surface area contributed by atoms with Gasteiger partial charge in [-0.25, -0.2) is 9.97 Å². The van der Waals surface area contributed by atoms with Crippen LogP contribution in [-0.2, 0) is 17.9 Å². The lowest BCUT2D eigenvalue weighted by Gasteiger charge is -2.34. The summed E-state index contributed by atoms with van der Waals surface area (Å²) in [5.41, 5.74) is 0.744. The predicted molar refractivity (Wildman–Crippen MR) is 143 cm³/mol. The molecule has 39 heavy (non-hydrogen) atoms. The summed E-state index contributed by atoms with van der Waals surface area (Å²) in [6, 6.07) is 1.21. The molecule has 3 aromatic heterocycles. The summed E-state index contributed by atoms with van der Waals surface area (Å²) < 4.78 is 1.64. The van der Waals surface area contributed by atoms with E-state index in [-0.39, 0.29) is 24.8 Å². The first kappa shape index (κ1) is 26.5. The number of fused-ring (bicyclic) bond motifs is 2. The third-order valence-electron chi connectivity index (χ3n) is 7.63. The van der Waals surface area contributed by atoms with Crippen molar-refractivity contribution in [2.45, 2.75) is 70.6 Å². The number of carbonyl (C=O) groups is 3. The highest BCUT2D eigenvalue weighted by molar-refractivity contribution is 6.05. The molecule has 1 aliphatic carbocycles. The fourth-order valence-corrected chi connectivity index (χ4v) is 5.02. The summed E-state index contributed by atoms with van der Waals surface area (Å²) in [5, 5.41) is 16.4. The summed E-state index contributed by atoms with van der Waals surface area (Å²) in [6.45, 7) is 6.63. The summed E-state index contributed by atoms with van der Waals surface area (Å²) in [6.07, 6.45) is 6.40. The molecular formula is C27H33N7O5. The zero-order valence-electron chi connectivity index (χ0n) is 22.3. The molecule has 1 saturated carbocycles.